The van der Waals surface area contributed by atoms with E-state index in [1.165, 1.54) is 37.3 Å². The molecule has 0 amide bonds. The molecule has 0 fully saturated rings. The normalized spacial score (nSPS) is 14.5. The van der Waals surface area contributed by atoms with Crippen molar-refractivity contribution in [2.45, 2.75) is 31.2 Å². The van der Waals surface area contributed by atoms with Crippen molar-refractivity contribution < 1.29 is 40.2 Å². The van der Waals surface area contributed by atoms with Crippen molar-refractivity contribution in [3.8, 4) is 11.3 Å². The molecule has 1 unspecified atom stereocenters. The van der Waals surface area contributed by atoms with Crippen LogP contribution in [0.3, 0.4) is 0 Å². The van der Waals surface area contributed by atoms with Gasteiger partial charge in [-0.25, -0.2) is 13.8 Å². The molecule has 12 heteroatoms. The third-order valence-corrected chi connectivity index (χ3v) is 3.50. The van der Waals surface area contributed by atoms with E-state index >= 15 is 0 Å². The van der Waals surface area contributed by atoms with Crippen LogP contribution < -0.4 is 5.06 Å². The first-order valence-electron chi connectivity index (χ1n) is 7.20. The number of benzene rings is 1. The summed E-state index contributed by atoms with van der Waals surface area (Å²) in [6.07, 6.45) is -5.12. The largest absolute Gasteiger partial charge is 0.622 e. The highest BCUT2D eigenvalue weighted by Crippen LogP contribution is 2.46. The van der Waals surface area contributed by atoms with E-state index in [-0.39, 0.29) is 11.4 Å². The van der Waals surface area contributed by atoms with Crippen LogP contribution in [0.1, 0.15) is 5.69 Å². The Balaban J connectivity index is 2.50. The maximum atomic E-state index is 13.8. The number of aryl methyl sites for hydroxylation is 1. The van der Waals surface area contributed by atoms with Crippen molar-refractivity contribution >= 4 is 5.95 Å². The molecule has 4 nitrogen and oxygen atoms in total. The summed E-state index contributed by atoms with van der Waals surface area (Å²) in [4.78, 5) is 6.66. The molecule has 148 valence electrons. The van der Waals surface area contributed by atoms with E-state index in [2.05, 4.69) is 9.97 Å². The summed E-state index contributed by atoms with van der Waals surface area (Å²) in [7, 11) is 0. The van der Waals surface area contributed by atoms with Gasteiger partial charge in [0.1, 0.15) is 0 Å². The van der Waals surface area contributed by atoms with Gasteiger partial charge in [-0.3, -0.25) is 0 Å². The van der Waals surface area contributed by atoms with Crippen LogP contribution in [-0.4, -0.2) is 34.3 Å². The molecule has 0 bridgehead atoms. The Morgan fingerprint density at radius 1 is 0.963 bits per heavy atom. The summed E-state index contributed by atoms with van der Waals surface area (Å²) in [5.41, 5.74) is 0.0724. The Morgan fingerprint density at radius 3 is 2.04 bits per heavy atom. The molecule has 0 saturated carbocycles. The predicted molar refractivity (Wildman–Crippen MR) is 77.0 cm³/mol. The van der Waals surface area contributed by atoms with Crippen molar-refractivity contribution in [3.63, 3.8) is 0 Å². The Hall–Kier alpha value is -2.34. The molecule has 2 aromatic rings. The first-order valence-corrected chi connectivity index (χ1v) is 7.20. The number of alkyl halides is 8. The zero-order valence-electron chi connectivity index (χ0n) is 13.4. The van der Waals surface area contributed by atoms with Crippen molar-refractivity contribution in [1.82, 2.24) is 9.97 Å². The quantitative estimate of drug-likeness (QED) is 0.457. The Morgan fingerprint density at radius 2 is 1.52 bits per heavy atom. The molecule has 1 aromatic carbocycles. The standard InChI is InChI=1S/C15H11F8N3O/c1-8-7-10(9-5-3-2-4-6-9)25-12(24-8)26(27)15(22,23)14(20,21)13(18,19)11(16)17/h2-7,11,26H,1H3. The second-order valence-corrected chi connectivity index (χ2v) is 5.49. The minimum atomic E-state index is -6.66. The van der Waals surface area contributed by atoms with Gasteiger partial charge in [0.15, 0.2) is 0 Å². The zero-order chi connectivity index (χ0) is 20.6. The molecule has 0 aliphatic carbocycles. The van der Waals surface area contributed by atoms with Gasteiger partial charge in [0, 0.05) is 11.3 Å². The Kier molecular flexibility index (Phi) is 5.44. The number of hydrogen-bond acceptors (Lipinski definition) is 3. The van der Waals surface area contributed by atoms with E-state index in [0.29, 0.717) is 5.56 Å². The van der Waals surface area contributed by atoms with Gasteiger partial charge in [-0.15, -0.1) is 8.78 Å². The molecular weight excluding hydrogens is 390 g/mol. The van der Waals surface area contributed by atoms with Crippen LogP contribution in [0.2, 0.25) is 0 Å². The van der Waals surface area contributed by atoms with Gasteiger partial charge in [0.25, 0.3) is 0 Å². The van der Waals surface area contributed by atoms with Crippen LogP contribution in [0.25, 0.3) is 11.3 Å². The van der Waals surface area contributed by atoms with Gasteiger partial charge in [-0.05, 0) is 13.0 Å². The van der Waals surface area contributed by atoms with Crippen LogP contribution in [0.15, 0.2) is 36.4 Å². The number of aromatic nitrogens is 2. The molecule has 1 aromatic heterocycles. The molecule has 1 atom stereocenters. The minimum Gasteiger partial charge on any atom is -0.622 e. The van der Waals surface area contributed by atoms with E-state index in [0.717, 1.165) is 0 Å². The number of hydroxylamine groups is 1. The van der Waals surface area contributed by atoms with Gasteiger partial charge < -0.3 is 5.21 Å². The topological polar surface area (TPSA) is 53.3 Å². The lowest BCUT2D eigenvalue weighted by Gasteiger charge is -2.36. The summed E-state index contributed by atoms with van der Waals surface area (Å²) in [5.74, 6) is -14.6. The third-order valence-electron chi connectivity index (χ3n) is 3.50. The summed E-state index contributed by atoms with van der Waals surface area (Å²) < 4.78 is 105. The predicted octanol–water partition coefficient (Wildman–Crippen LogP) is 3.59. The summed E-state index contributed by atoms with van der Waals surface area (Å²) >= 11 is 0. The van der Waals surface area contributed by atoms with Gasteiger partial charge in [-0.1, -0.05) is 30.3 Å². The fourth-order valence-corrected chi connectivity index (χ4v) is 2.06. The second kappa shape index (κ2) is 7.00. The lowest BCUT2D eigenvalue weighted by atomic mass is 10.1. The van der Waals surface area contributed by atoms with Crippen LogP contribution in [0.5, 0.6) is 0 Å². The Labute approximate surface area is 147 Å². The van der Waals surface area contributed by atoms with Crippen LogP contribution in [0.4, 0.5) is 41.1 Å². The summed E-state index contributed by atoms with van der Waals surface area (Å²) in [5, 5.41) is 8.89. The summed E-state index contributed by atoms with van der Waals surface area (Å²) in [6.45, 7) is 1.22. The van der Waals surface area contributed by atoms with Gasteiger partial charge in [0.05, 0.1) is 5.69 Å². The van der Waals surface area contributed by atoms with Gasteiger partial charge >= 0.3 is 30.3 Å². The fourth-order valence-electron chi connectivity index (χ4n) is 2.06. The monoisotopic (exact) mass is 401 g/mol. The minimum absolute atomic E-state index is 0.105. The van der Waals surface area contributed by atoms with E-state index in [4.69, 9.17) is 0 Å². The maximum Gasteiger partial charge on any atom is 0.467 e. The number of quaternary nitrogens is 1. The number of nitrogens with zero attached hydrogens (tertiary/aromatic N) is 2. The first kappa shape index (κ1) is 21.0. The number of halogens is 8. The third kappa shape index (κ3) is 3.58. The van der Waals surface area contributed by atoms with Gasteiger partial charge in [-0.2, -0.15) is 27.5 Å². The molecular formula is C15H11F8N3O. The average molecular weight is 401 g/mol. The van der Waals surface area contributed by atoms with Gasteiger partial charge in [0.2, 0.25) is 0 Å². The molecule has 27 heavy (non-hydrogen) atoms. The molecule has 1 N–H and O–H groups in total. The molecule has 0 aliphatic rings. The summed E-state index contributed by atoms with van der Waals surface area (Å²) in [6, 6.07) is 2.62. The van der Waals surface area contributed by atoms with Crippen LogP contribution in [-0.2, 0) is 0 Å². The number of hydrogen-bond donors (Lipinski definition) is 1. The van der Waals surface area contributed by atoms with Crippen molar-refractivity contribution in [3.05, 3.63) is 47.3 Å². The van der Waals surface area contributed by atoms with Crippen molar-refractivity contribution in [2.24, 2.45) is 0 Å². The highest BCUT2D eigenvalue weighted by atomic mass is 19.4. The molecule has 0 aliphatic heterocycles. The van der Waals surface area contributed by atoms with Crippen molar-refractivity contribution in [2.75, 3.05) is 0 Å². The zero-order valence-corrected chi connectivity index (χ0v) is 13.4. The van der Waals surface area contributed by atoms with Crippen molar-refractivity contribution in [1.29, 1.82) is 0 Å². The molecule has 1 heterocycles. The Bertz CT molecular complexity index is 801. The SMILES string of the molecule is Cc1cc(-c2ccccc2)nc([NH+]([O-])C(F)(F)C(F)(F)C(F)(F)C(F)F)n1. The molecule has 0 saturated heterocycles. The molecule has 0 spiro atoms. The highest BCUT2D eigenvalue weighted by Gasteiger charge is 2.80. The van der Waals surface area contributed by atoms with E-state index in [1.54, 1.807) is 6.07 Å². The first-order chi connectivity index (χ1) is 12.3. The lowest BCUT2D eigenvalue weighted by molar-refractivity contribution is -0.909. The van der Waals surface area contributed by atoms with E-state index < -0.39 is 35.3 Å². The number of nitrogens with one attached hydrogen (secondary N) is 1. The van der Waals surface area contributed by atoms with E-state index in [1.807, 2.05) is 0 Å². The molecule has 0 radical (unpaired) electrons. The second-order valence-electron chi connectivity index (χ2n) is 5.49. The number of rotatable bonds is 6. The lowest BCUT2D eigenvalue weighted by Crippen LogP contribution is -3.14. The average Bonchev–Trinajstić information content (AvgIpc) is 2.60. The maximum absolute atomic E-state index is 13.8. The smallest absolute Gasteiger partial charge is 0.467 e. The molecule has 2 rings (SSSR count). The van der Waals surface area contributed by atoms with Crippen LogP contribution in [0, 0.1) is 12.1 Å². The van der Waals surface area contributed by atoms with Crippen LogP contribution >= 0.6 is 0 Å². The fraction of sp³-hybridized carbons (Fsp3) is 0.333. The highest BCUT2D eigenvalue weighted by molar-refractivity contribution is 5.59. The van der Waals surface area contributed by atoms with E-state index in [9.17, 15) is 40.3 Å².